The van der Waals surface area contributed by atoms with E-state index in [-0.39, 0.29) is 28.9 Å². The molecule has 2 aromatic rings. The predicted molar refractivity (Wildman–Crippen MR) is 96.5 cm³/mol. The number of nitrogens with one attached hydrogen (secondary N) is 2. The van der Waals surface area contributed by atoms with Gasteiger partial charge in [-0.2, -0.15) is 0 Å². The molecule has 1 aliphatic rings. The topological polar surface area (TPSA) is 41.1 Å². The Balaban J connectivity index is 0.00000261. The molecule has 0 aromatic heterocycles. The average molecular weight is 423 g/mol. The first-order valence-corrected chi connectivity index (χ1v) is 8.35. The van der Waals surface area contributed by atoms with Gasteiger partial charge < -0.3 is 10.6 Å². The Morgan fingerprint density at radius 3 is 2.41 bits per heavy atom. The van der Waals surface area contributed by atoms with Crippen LogP contribution in [0.3, 0.4) is 0 Å². The summed E-state index contributed by atoms with van der Waals surface area (Å²) in [5.41, 5.74) is 0.354. The maximum Gasteiger partial charge on any atom is 0.253 e. The summed E-state index contributed by atoms with van der Waals surface area (Å²) in [6.07, 6.45) is 0.585. The molecule has 0 aliphatic carbocycles. The van der Waals surface area contributed by atoms with E-state index in [0.29, 0.717) is 25.1 Å². The van der Waals surface area contributed by atoms with Gasteiger partial charge in [0.1, 0.15) is 0 Å². The molecular weight excluding hydrogens is 407 g/mol. The van der Waals surface area contributed by atoms with Crippen LogP contribution < -0.4 is 10.6 Å². The second-order valence-electron chi connectivity index (χ2n) is 6.10. The third-order valence-electron chi connectivity index (χ3n) is 4.42. The summed E-state index contributed by atoms with van der Waals surface area (Å²) in [6, 6.07) is 4.63. The highest BCUT2D eigenvalue weighted by Gasteiger charge is 2.29. The van der Waals surface area contributed by atoms with Crippen LogP contribution in [0.25, 0.3) is 0 Å². The Labute approximate surface area is 164 Å². The second-order valence-corrected chi connectivity index (χ2v) is 6.51. The molecule has 1 saturated heterocycles. The fourth-order valence-electron chi connectivity index (χ4n) is 3.09. The van der Waals surface area contributed by atoms with Gasteiger partial charge in [-0.05, 0) is 42.8 Å². The molecule has 3 nitrogen and oxygen atoms in total. The normalized spacial score (nSPS) is 19.3. The number of rotatable bonds is 3. The first-order valence-electron chi connectivity index (χ1n) is 7.98. The number of hydrogen-bond donors (Lipinski definition) is 2. The van der Waals surface area contributed by atoms with E-state index in [1.807, 2.05) is 0 Å². The maximum atomic E-state index is 13.6. The lowest BCUT2D eigenvalue weighted by Gasteiger charge is -2.33. The molecule has 0 radical (unpaired) electrons. The molecule has 27 heavy (non-hydrogen) atoms. The van der Waals surface area contributed by atoms with Crippen molar-refractivity contribution in [3.8, 4) is 0 Å². The van der Waals surface area contributed by atoms with Crippen molar-refractivity contribution in [1.82, 2.24) is 10.6 Å². The number of piperidine rings is 1. The summed E-state index contributed by atoms with van der Waals surface area (Å²) in [5, 5.41) is 5.60. The van der Waals surface area contributed by atoms with Crippen LogP contribution in [0, 0.1) is 23.3 Å². The quantitative estimate of drug-likeness (QED) is 0.574. The van der Waals surface area contributed by atoms with Gasteiger partial charge in [0.05, 0.1) is 10.6 Å². The molecule has 3 rings (SSSR count). The van der Waals surface area contributed by atoms with Gasteiger partial charge in [0.2, 0.25) is 0 Å². The predicted octanol–water partition coefficient (Wildman–Crippen LogP) is 4.19. The van der Waals surface area contributed by atoms with Gasteiger partial charge in [0, 0.05) is 18.5 Å². The zero-order chi connectivity index (χ0) is 18.8. The SMILES string of the molecule is Cl.O=C(NC1CNCCC1c1ccc(F)c(F)c1)c1cc(F)c(F)cc1Cl. The van der Waals surface area contributed by atoms with Gasteiger partial charge >= 0.3 is 0 Å². The zero-order valence-electron chi connectivity index (χ0n) is 13.9. The first kappa shape index (κ1) is 21.5. The fourth-order valence-corrected chi connectivity index (χ4v) is 3.33. The van der Waals surface area contributed by atoms with Crippen LogP contribution >= 0.6 is 24.0 Å². The molecule has 2 aromatic carbocycles. The molecule has 0 spiro atoms. The van der Waals surface area contributed by atoms with Gasteiger partial charge in [-0.15, -0.1) is 12.4 Å². The smallest absolute Gasteiger partial charge is 0.253 e. The van der Waals surface area contributed by atoms with Gasteiger partial charge in [0.15, 0.2) is 23.3 Å². The minimum atomic E-state index is -1.18. The highest BCUT2D eigenvalue weighted by atomic mass is 35.5. The molecule has 1 heterocycles. The van der Waals surface area contributed by atoms with E-state index in [1.54, 1.807) is 0 Å². The number of amides is 1. The van der Waals surface area contributed by atoms with Crippen molar-refractivity contribution in [2.24, 2.45) is 0 Å². The Morgan fingerprint density at radius 2 is 1.70 bits per heavy atom. The Bertz CT molecular complexity index is 850. The monoisotopic (exact) mass is 422 g/mol. The van der Waals surface area contributed by atoms with E-state index in [0.717, 1.165) is 24.3 Å². The molecule has 2 atom stereocenters. The Hall–Kier alpha value is -1.83. The molecule has 1 aliphatic heterocycles. The largest absolute Gasteiger partial charge is 0.347 e. The summed E-state index contributed by atoms with van der Waals surface area (Å²) in [6.45, 7) is 1.03. The van der Waals surface area contributed by atoms with Crippen molar-refractivity contribution in [3.63, 3.8) is 0 Å². The summed E-state index contributed by atoms with van der Waals surface area (Å²) in [7, 11) is 0. The number of benzene rings is 2. The summed E-state index contributed by atoms with van der Waals surface area (Å²) < 4.78 is 53.3. The van der Waals surface area contributed by atoms with Crippen LogP contribution in [-0.4, -0.2) is 25.0 Å². The van der Waals surface area contributed by atoms with E-state index in [2.05, 4.69) is 10.6 Å². The van der Waals surface area contributed by atoms with E-state index in [9.17, 15) is 22.4 Å². The molecule has 2 unspecified atom stereocenters. The molecule has 1 amide bonds. The van der Waals surface area contributed by atoms with Crippen molar-refractivity contribution in [2.75, 3.05) is 13.1 Å². The minimum absolute atomic E-state index is 0. The number of hydrogen-bond acceptors (Lipinski definition) is 2. The van der Waals surface area contributed by atoms with Crippen LogP contribution in [0.5, 0.6) is 0 Å². The van der Waals surface area contributed by atoms with Crippen LogP contribution in [0.4, 0.5) is 17.6 Å². The molecule has 1 fully saturated rings. The Kier molecular flexibility index (Phi) is 7.08. The molecular formula is C18H16Cl2F4N2O. The van der Waals surface area contributed by atoms with Crippen molar-refractivity contribution < 1.29 is 22.4 Å². The third kappa shape index (κ3) is 4.72. The summed E-state index contributed by atoms with van der Waals surface area (Å²) in [4.78, 5) is 12.4. The van der Waals surface area contributed by atoms with Crippen molar-refractivity contribution >= 4 is 29.9 Å². The maximum absolute atomic E-state index is 13.6. The molecule has 146 valence electrons. The molecule has 9 heteroatoms. The second kappa shape index (κ2) is 8.91. The first-order chi connectivity index (χ1) is 12.4. The highest BCUT2D eigenvalue weighted by molar-refractivity contribution is 6.33. The lowest BCUT2D eigenvalue weighted by Crippen LogP contribution is -2.50. The van der Waals surface area contributed by atoms with E-state index < -0.39 is 35.2 Å². The van der Waals surface area contributed by atoms with Gasteiger partial charge in [0.25, 0.3) is 5.91 Å². The lowest BCUT2D eigenvalue weighted by atomic mass is 9.85. The molecule has 0 saturated carbocycles. The van der Waals surface area contributed by atoms with Crippen molar-refractivity contribution in [1.29, 1.82) is 0 Å². The molecule has 0 bridgehead atoms. The van der Waals surface area contributed by atoms with Crippen molar-refractivity contribution in [3.05, 3.63) is 69.8 Å². The Morgan fingerprint density at radius 1 is 1.04 bits per heavy atom. The number of carbonyl (C=O) groups is 1. The number of halogens is 6. The fraction of sp³-hybridized carbons (Fsp3) is 0.278. The van der Waals surface area contributed by atoms with E-state index >= 15 is 0 Å². The average Bonchev–Trinajstić information content (AvgIpc) is 2.61. The van der Waals surface area contributed by atoms with Gasteiger partial charge in [-0.1, -0.05) is 17.7 Å². The third-order valence-corrected chi connectivity index (χ3v) is 4.74. The van der Waals surface area contributed by atoms with Crippen LogP contribution in [0.2, 0.25) is 5.02 Å². The summed E-state index contributed by atoms with van der Waals surface area (Å²) in [5.74, 6) is -5.18. The van der Waals surface area contributed by atoms with Crippen molar-refractivity contribution in [2.45, 2.75) is 18.4 Å². The van der Waals surface area contributed by atoms with Crippen LogP contribution in [0.15, 0.2) is 30.3 Å². The van der Waals surface area contributed by atoms with E-state index in [4.69, 9.17) is 11.6 Å². The molecule has 2 N–H and O–H groups in total. The minimum Gasteiger partial charge on any atom is -0.347 e. The summed E-state index contributed by atoms with van der Waals surface area (Å²) >= 11 is 5.83. The lowest BCUT2D eigenvalue weighted by molar-refractivity contribution is 0.0924. The highest BCUT2D eigenvalue weighted by Crippen LogP contribution is 2.28. The van der Waals surface area contributed by atoms with Crippen LogP contribution in [-0.2, 0) is 0 Å². The van der Waals surface area contributed by atoms with Gasteiger partial charge in [-0.3, -0.25) is 4.79 Å². The zero-order valence-corrected chi connectivity index (χ0v) is 15.4. The van der Waals surface area contributed by atoms with Crippen LogP contribution in [0.1, 0.15) is 28.3 Å². The standard InChI is InChI=1S/C18H15ClF4N2O.ClH/c19-12-7-16(23)15(22)6-11(12)18(26)25-17-8-24-4-3-10(17)9-1-2-13(20)14(21)5-9;/h1-2,5-7,10,17,24H,3-4,8H2,(H,25,26);1H. The van der Waals surface area contributed by atoms with E-state index in [1.165, 1.54) is 6.07 Å². The number of carbonyl (C=O) groups excluding carboxylic acids is 1. The van der Waals surface area contributed by atoms with Gasteiger partial charge in [-0.25, -0.2) is 17.6 Å².